The number of aliphatic hydroxyl groups is 1. The van der Waals surface area contributed by atoms with E-state index in [9.17, 15) is 5.11 Å². The van der Waals surface area contributed by atoms with Gasteiger partial charge in [0.05, 0.1) is 12.7 Å². The highest BCUT2D eigenvalue weighted by Gasteiger charge is 2.10. The van der Waals surface area contributed by atoms with Crippen LogP contribution in [0.5, 0.6) is 0 Å². The Labute approximate surface area is 103 Å². The Kier molecular flexibility index (Phi) is 5.78. The van der Waals surface area contributed by atoms with Crippen molar-refractivity contribution in [3.8, 4) is 0 Å². The van der Waals surface area contributed by atoms with E-state index >= 15 is 0 Å². The minimum Gasteiger partial charge on any atom is -0.389 e. The van der Waals surface area contributed by atoms with Gasteiger partial charge in [0.2, 0.25) is 0 Å². The smallest absolute Gasteiger partial charge is 0.0900 e. The first kappa shape index (κ1) is 13.1. The van der Waals surface area contributed by atoms with Gasteiger partial charge in [0.15, 0.2) is 0 Å². The topological polar surface area (TPSA) is 32.7 Å². The number of nitrogens with zero attached hydrogens (tertiary/aromatic N) is 1. The molecule has 0 aliphatic rings. The normalized spacial score (nSPS) is 13.4. The maximum atomic E-state index is 9.54. The van der Waals surface area contributed by atoms with Gasteiger partial charge in [-0.1, -0.05) is 0 Å². The number of aliphatic hydroxyl groups excluding tert-OH is 1. The van der Waals surface area contributed by atoms with Crippen LogP contribution in [0, 0.1) is 0 Å². The highest BCUT2D eigenvalue weighted by atomic mass is 79.9. The Hall–Kier alpha value is 0.0600. The molecule has 1 unspecified atom stereocenters. The molecule has 0 spiro atoms. The molecule has 3 nitrogen and oxygen atoms in total. The molecule has 0 aliphatic carbocycles. The van der Waals surface area contributed by atoms with Crippen LogP contribution in [-0.4, -0.2) is 43.4 Å². The maximum absolute atomic E-state index is 9.54. The number of halogens is 1. The molecule has 0 saturated carbocycles. The lowest BCUT2D eigenvalue weighted by Gasteiger charge is -2.19. The third-order valence-corrected chi connectivity index (χ3v) is 3.90. The van der Waals surface area contributed by atoms with Crippen molar-refractivity contribution in [2.75, 3.05) is 27.3 Å². The van der Waals surface area contributed by atoms with Crippen molar-refractivity contribution in [1.29, 1.82) is 0 Å². The number of ether oxygens (including phenoxy) is 1. The summed E-state index contributed by atoms with van der Waals surface area (Å²) in [6.45, 7) is 1.85. The lowest BCUT2D eigenvalue weighted by Crippen LogP contribution is -2.31. The molecule has 0 fully saturated rings. The van der Waals surface area contributed by atoms with Crippen molar-refractivity contribution in [1.82, 2.24) is 4.90 Å². The fourth-order valence-corrected chi connectivity index (χ4v) is 2.91. The van der Waals surface area contributed by atoms with Crippen molar-refractivity contribution >= 4 is 27.3 Å². The molecule has 1 aromatic rings. The molecule has 1 aromatic heterocycles. The number of thiophene rings is 1. The van der Waals surface area contributed by atoms with E-state index in [1.165, 1.54) is 4.88 Å². The molecule has 1 N–H and O–H groups in total. The molecule has 0 bridgehead atoms. The van der Waals surface area contributed by atoms with Gasteiger partial charge in [-0.25, -0.2) is 0 Å². The van der Waals surface area contributed by atoms with Gasteiger partial charge in [-0.05, 0) is 34.4 Å². The van der Waals surface area contributed by atoms with Crippen LogP contribution in [0.4, 0.5) is 0 Å². The predicted molar refractivity (Wildman–Crippen MR) is 66.2 cm³/mol. The van der Waals surface area contributed by atoms with Crippen LogP contribution in [0.1, 0.15) is 4.88 Å². The highest BCUT2D eigenvalue weighted by molar-refractivity contribution is 9.10. The number of hydrogen-bond acceptors (Lipinski definition) is 4. The lowest BCUT2D eigenvalue weighted by molar-refractivity contribution is 0.0420. The third kappa shape index (κ3) is 4.61. The van der Waals surface area contributed by atoms with Crippen molar-refractivity contribution in [3.05, 3.63) is 20.8 Å². The van der Waals surface area contributed by atoms with Crippen LogP contribution < -0.4 is 0 Å². The molecule has 0 amide bonds. The Morgan fingerprint density at radius 1 is 1.67 bits per heavy atom. The number of rotatable bonds is 6. The number of methoxy groups -OCH3 is 1. The summed E-state index contributed by atoms with van der Waals surface area (Å²) in [5.41, 5.74) is 0. The van der Waals surface area contributed by atoms with E-state index in [4.69, 9.17) is 4.74 Å². The van der Waals surface area contributed by atoms with Gasteiger partial charge >= 0.3 is 0 Å². The molecular formula is C10H16BrNO2S. The first-order chi connectivity index (χ1) is 7.13. The van der Waals surface area contributed by atoms with E-state index in [1.807, 2.05) is 13.1 Å². The molecular weight excluding hydrogens is 278 g/mol. The highest BCUT2D eigenvalue weighted by Crippen LogP contribution is 2.23. The average Bonchev–Trinajstić information content (AvgIpc) is 2.52. The van der Waals surface area contributed by atoms with Gasteiger partial charge in [0.25, 0.3) is 0 Å². The van der Waals surface area contributed by atoms with E-state index in [-0.39, 0.29) is 0 Å². The maximum Gasteiger partial charge on any atom is 0.0900 e. The first-order valence-corrected chi connectivity index (χ1v) is 6.38. The van der Waals surface area contributed by atoms with Crippen LogP contribution >= 0.6 is 27.3 Å². The zero-order valence-electron chi connectivity index (χ0n) is 8.94. The van der Waals surface area contributed by atoms with Gasteiger partial charge in [0.1, 0.15) is 0 Å². The summed E-state index contributed by atoms with van der Waals surface area (Å²) in [4.78, 5) is 3.36. The largest absolute Gasteiger partial charge is 0.389 e. The molecule has 15 heavy (non-hydrogen) atoms. The molecule has 1 atom stereocenters. The second-order valence-electron chi connectivity index (χ2n) is 3.50. The van der Waals surface area contributed by atoms with Crippen LogP contribution in [0.25, 0.3) is 0 Å². The van der Waals surface area contributed by atoms with E-state index in [0.29, 0.717) is 13.2 Å². The van der Waals surface area contributed by atoms with Crippen molar-refractivity contribution in [2.45, 2.75) is 12.6 Å². The van der Waals surface area contributed by atoms with E-state index in [0.717, 1.165) is 11.0 Å². The number of likely N-dealkylation sites (N-methyl/N-ethyl adjacent to an activating group) is 1. The molecule has 1 rings (SSSR count). The standard InChI is InChI=1S/C10H16BrNO2S/c1-12(5-8(13)7-14-2)6-10-9(11)3-4-15-10/h3-4,8,13H,5-7H2,1-2H3. The van der Waals surface area contributed by atoms with Gasteiger partial charge in [-0.15, -0.1) is 11.3 Å². The molecule has 0 aliphatic heterocycles. The first-order valence-electron chi connectivity index (χ1n) is 4.71. The van der Waals surface area contributed by atoms with E-state index < -0.39 is 6.10 Å². The summed E-state index contributed by atoms with van der Waals surface area (Å²) in [6.07, 6.45) is -0.418. The summed E-state index contributed by atoms with van der Waals surface area (Å²) in [6, 6.07) is 2.04. The Morgan fingerprint density at radius 2 is 2.40 bits per heavy atom. The summed E-state index contributed by atoms with van der Waals surface area (Å²) in [7, 11) is 3.59. The fourth-order valence-electron chi connectivity index (χ4n) is 1.35. The Bertz CT molecular complexity index is 293. The van der Waals surface area contributed by atoms with Crippen LogP contribution in [0.15, 0.2) is 15.9 Å². The molecule has 0 aromatic carbocycles. The molecule has 0 saturated heterocycles. The Balaban J connectivity index is 2.36. The summed E-state index contributed by atoms with van der Waals surface area (Å²) in [5, 5.41) is 11.6. The average molecular weight is 294 g/mol. The summed E-state index contributed by atoms with van der Waals surface area (Å²) in [5.74, 6) is 0. The zero-order valence-corrected chi connectivity index (χ0v) is 11.3. The third-order valence-electron chi connectivity index (χ3n) is 1.99. The SMILES string of the molecule is COCC(O)CN(C)Cc1sccc1Br. The number of hydrogen-bond donors (Lipinski definition) is 1. The van der Waals surface area contributed by atoms with Crippen LogP contribution in [-0.2, 0) is 11.3 Å². The van der Waals surface area contributed by atoms with Crippen molar-refractivity contribution in [2.24, 2.45) is 0 Å². The minimum absolute atomic E-state index is 0.385. The molecule has 0 radical (unpaired) electrons. The van der Waals surface area contributed by atoms with E-state index in [2.05, 4.69) is 26.2 Å². The molecule has 5 heteroatoms. The van der Waals surface area contributed by atoms with Gasteiger partial charge < -0.3 is 9.84 Å². The molecule has 86 valence electrons. The monoisotopic (exact) mass is 293 g/mol. The van der Waals surface area contributed by atoms with Crippen molar-refractivity contribution in [3.63, 3.8) is 0 Å². The minimum atomic E-state index is -0.418. The second kappa shape index (κ2) is 6.60. The lowest BCUT2D eigenvalue weighted by atomic mass is 10.3. The van der Waals surface area contributed by atoms with Crippen LogP contribution in [0.3, 0.4) is 0 Å². The Morgan fingerprint density at radius 3 is 2.93 bits per heavy atom. The van der Waals surface area contributed by atoms with Gasteiger partial charge in [0, 0.05) is 29.5 Å². The van der Waals surface area contributed by atoms with Gasteiger partial charge in [-0.3, -0.25) is 4.90 Å². The second-order valence-corrected chi connectivity index (χ2v) is 5.35. The van der Waals surface area contributed by atoms with Crippen LogP contribution in [0.2, 0.25) is 0 Å². The molecule has 1 heterocycles. The summed E-state index contributed by atoms with van der Waals surface area (Å²) >= 11 is 5.21. The predicted octanol–water partition coefficient (Wildman–Crippen LogP) is 1.95. The van der Waals surface area contributed by atoms with E-state index in [1.54, 1.807) is 18.4 Å². The quantitative estimate of drug-likeness (QED) is 0.870. The van der Waals surface area contributed by atoms with Crippen molar-refractivity contribution < 1.29 is 9.84 Å². The zero-order chi connectivity index (χ0) is 11.3. The summed E-state index contributed by atoms with van der Waals surface area (Å²) < 4.78 is 6.02. The fraction of sp³-hybridized carbons (Fsp3) is 0.600. The van der Waals surface area contributed by atoms with Gasteiger partial charge in [-0.2, -0.15) is 0 Å².